The molecule has 3 rings (SSSR count). The normalized spacial score (nSPS) is 22.2. The molecular weight excluding hydrogens is 344 g/mol. The van der Waals surface area contributed by atoms with Gasteiger partial charge in [0.05, 0.1) is 19.3 Å². The van der Waals surface area contributed by atoms with Crippen LogP contribution in [-0.4, -0.2) is 101 Å². The van der Waals surface area contributed by atoms with Crippen molar-refractivity contribution >= 4 is 11.8 Å². The van der Waals surface area contributed by atoms with Crippen LogP contribution in [0.4, 0.5) is 5.82 Å². The Morgan fingerprint density at radius 1 is 1.33 bits per heavy atom. The molecule has 2 aliphatic heterocycles. The minimum absolute atomic E-state index is 0.0848. The fraction of sp³-hybridized carbons (Fsp3) is 0.684. The molecule has 0 bridgehead atoms. The van der Waals surface area contributed by atoms with E-state index in [1.165, 1.54) is 5.56 Å². The molecule has 0 amide bonds. The molecule has 0 saturated carbocycles. The molecule has 1 aromatic heterocycles. The first-order chi connectivity index (χ1) is 13.2. The van der Waals surface area contributed by atoms with Crippen molar-refractivity contribution in [2.24, 2.45) is 4.99 Å². The number of anilines is 1. The second-order valence-corrected chi connectivity index (χ2v) is 7.07. The van der Waals surface area contributed by atoms with Crippen molar-refractivity contribution in [3.63, 3.8) is 0 Å². The van der Waals surface area contributed by atoms with E-state index >= 15 is 0 Å². The zero-order chi connectivity index (χ0) is 19.1. The van der Waals surface area contributed by atoms with E-state index in [2.05, 4.69) is 43.1 Å². The molecule has 8 heteroatoms. The number of methoxy groups -OCH3 is 1. The molecule has 0 aromatic carbocycles. The largest absolute Gasteiger partial charge is 0.382 e. The van der Waals surface area contributed by atoms with Gasteiger partial charge in [-0.3, -0.25) is 4.99 Å². The molecule has 8 nitrogen and oxygen atoms in total. The van der Waals surface area contributed by atoms with Crippen LogP contribution in [0.3, 0.4) is 0 Å². The topological polar surface area (TPSA) is 65.5 Å². The summed E-state index contributed by atoms with van der Waals surface area (Å²) in [7, 11) is 5.70. The van der Waals surface area contributed by atoms with E-state index in [0.717, 1.165) is 51.0 Å². The van der Waals surface area contributed by atoms with Crippen LogP contribution >= 0.6 is 0 Å². The summed E-state index contributed by atoms with van der Waals surface area (Å²) in [6, 6.07) is 4.15. The van der Waals surface area contributed by atoms with E-state index in [1.54, 1.807) is 7.11 Å². The lowest BCUT2D eigenvalue weighted by atomic mass is 10.2. The second kappa shape index (κ2) is 9.87. The number of morpholine rings is 1. The Morgan fingerprint density at radius 3 is 2.89 bits per heavy atom. The lowest BCUT2D eigenvalue weighted by Crippen LogP contribution is -2.51. The first kappa shape index (κ1) is 19.9. The number of aromatic nitrogens is 1. The van der Waals surface area contributed by atoms with Crippen LogP contribution in [0.1, 0.15) is 5.56 Å². The van der Waals surface area contributed by atoms with Crippen LogP contribution in [0.2, 0.25) is 0 Å². The maximum Gasteiger partial charge on any atom is 0.194 e. The van der Waals surface area contributed by atoms with Gasteiger partial charge in [-0.1, -0.05) is 6.07 Å². The maximum absolute atomic E-state index is 5.74. The predicted molar refractivity (Wildman–Crippen MR) is 107 cm³/mol. The molecule has 0 spiro atoms. The van der Waals surface area contributed by atoms with Gasteiger partial charge in [0, 0.05) is 71.7 Å². The van der Waals surface area contributed by atoms with E-state index in [9.17, 15) is 0 Å². The number of guanidine groups is 1. The van der Waals surface area contributed by atoms with E-state index in [0.29, 0.717) is 19.8 Å². The Balaban J connectivity index is 1.62. The van der Waals surface area contributed by atoms with Crippen LogP contribution in [0, 0.1) is 0 Å². The monoisotopic (exact) mass is 376 g/mol. The first-order valence-electron chi connectivity index (χ1n) is 9.64. The van der Waals surface area contributed by atoms with Gasteiger partial charge in [0.1, 0.15) is 5.82 Å². The summed E-state index contributed by atoms with van der Waals surface area (Å²) in [6.07, 6.45) is 1.96. The molecule has 0 radical (unpaired) electrons. The van der Waals surface area contributed by atoms with Crippen LogP contribution < -0.4 is 10.2 Å². The molecule has 3 heterocycles. The molecular formula is C19H32N6O2. The summed E-state index contributed by atoms with van der Waals surface area (Å²) in [5.41, 5.74) is 1.20. The Morgan fingerprint density at radius 2 is 2.15 bits per heavy atom. The minimum atomic E-state index is 0.0848. The second-order valence-electron chi connectivity index (χ2n) is 7.07. The number of ether oxygens (including phenoxy) is 2. The van der Waals surface area contributed by atoms with Gasteiger partial charge in [0.2, 0.25) is 0 Å². The molecule has 2 aliphatic rings. The molecule has 150 valence electrons. The van der Waals surface area contributed by atoms with Gasteiger partial charge in [0.25, 0.3) is 0 Å². The third-order valence-electron chi connectivity index (χ3n) is 5.11. The molecule has 1 unspecified atom stereocenters. The fourth-order valence-corrected chi connectivity index (χ4v) is 3.58. The van der Waals surface area contributed by atoms with Crippen molar-refractivity contribution in [3.05, 3.63) is 23.9 Å². The summed E-state index contributed by atoms with van der Waals surface area (Å²) < 4.78 is 11.0. The number of nitrogens with one attached hydrogen (secondary N) is 1. The summed E-state index contributed by atoms with van der Waals surface area (Å²) >= 11 is 0. The van der Waals surface area contributed by atoms with Crippen LogP contribution in [0.25, 0.3) is 0 Å². The summed E-state index contributed by atoms with van der Waals surface area (Å²) in [5, 5.41) is 3.51. The van der Waals surface area contributed by atoms with E-state index in [1.807, 2.05) is 19.3 Å². The SMILES string of the molecule is CN=C(NCc1cccnc1N1CCN(C)CC1)N1CCOC(COC)C1. The highest BCUT2D eigenvalue weighted by Gasteiger charge is 2.23. The molecule has 2 saturated heterocycles. The standard InChI is InChI=1S/C19H32N6O2/c1-20-19(25-11-12-27-17(14-25)15-26-3)22-13-16-5-4-6-21-18(16)24-9-7-23(2)8-10-24/h4-6,17H,7-15H2,1-3H3,(H,20,22). The third kappa shape index (κ3) is 5.31. The number of nitrogens with zero attached hydrogens (tertiary/aromatic N) is 5. The highest BCUT2D eigenvalue weighted by Crippen LogP contribution is 2.19. The number of hydrogen-bond donors (Lipinski definition) is 1. The molecule has 2 fully saturated rings. The van der Waals surface area contributed by atoms with Gasteiger partial charge in [-0.15, -0.1) is 0 Å². The van der Waals surface area contributed by atoms with Gasteiger partial charge in [-0.2, -0.15) is 0 Å². The van der Waals surface area contributed by atoms with Gasteiger partial charge in [0.15, 0.2) is 5.96 Å². The van der Waals surface area contributed by atoms with Gasteiger partial charge in [-0.25, -0.2) is 4.98 Å². The highest BCUT2D eigenvalue weighted by atomic mass is 16.5. The zero-order valence-corrected chi connectivity index (χ0v) is 16.7. The maximum atomic E-state index is 5.74. The Bertz CT molecular complexity index is 616. The number of hydrogen-bond acceptors (Lipinski definition) is 6. The van der Waals surface area contributed by atoms with Crippen molar-refractivity contribution in [1.82, 2.24) is 20.1 Å². The molecule has 0 aliphatic carbocycles. The number of rotatable bonds is 5. The van der Waals surface area contributed by atoms with Crippen molar-refractivity contribution in [2.45, 2.75) is 12.6 Å². The minimum Gasteiger partial charge on any atom is -0.382 e. The Kier molecular flexibility index (Phi) is 7.25. The van der Waals surface area contributed by atoms with Gasteiger partial charge < -0.3 is 29.5 Å². The predicted octanol–water partition coefficient (Wildman–Crippen LogP) is 0.256. The average molecular weight is 377 g/mol. The quantitative estimate of drug-likeness (QED) is 0.584. The number of aliphatic imine (C=N–C) groups is 1. The lowest BCUT2D eigenvalue weighted by Gasteiger charge is -2.35. The zero-order valence-electron chi connectivity index (χ0n) is 16.7. The van der Waals surface area contributed by atoms with Crippen molar-refractivity contribution < 1.29 is 9.47 Å². The van der Waals surface area contributed by atoms with Crippen molar-refractivity contribution in [1.29, 1.82) is 0 Å². The Hall–Kier alpha value is -1.90. The van der Waals surface area contributed by atoms with Crippen molar-refractivity contribution in [3.8, 4) is 0 Å². The summed E-state index contributed by atoms with van der Waals surface area (Å²) in [4.78, 5) is 16.1. The van der Waals surface area contributed by atoms with Gasteiger partial charge >= 0.3 is 0 Å². The van der Waals surface area contributed by atoms with Crippen LogP contribution in [0.5, 0.6) is 0 Å². The summed E-state index contributed by atoms with van der Waals surface area (Å²) in [6.45, 7) is 7.77. The third-order valence-corrected chi connectivity index (χ3v) is 5.11. The Labute approximate surface area is 162 Å². The lowest BCUT2D eigenvalue weighted by molar-refractivity contribution is -0.0447. The van der Waals surface area contributed by atoms with E-state index in [4.69, 9.17) is 9.47 Å². The smallest absolute Gasteiger partial charge is 0.194 e. The first-order valence-corrected chi connectivity index (χ1v) is 9.64. The molecule has 27 heavy (non-hydrogen) atoms. The van der Waals surface area contributed by atoms with Crippen molar-refractivity contribution in [2.75, 3.05) is 78.6 Å². The molecule has 1 aromatic rings. The summed E-state index contributed by atoms with van der Waals surface area (Å²) in [5.74, 6) is 1.97. The van der Waals surface area contributed by atoms with Crippen LogP contribution in [0.15, 0.2) is 23.3 Å². The van der Waals surface area contributed by atoms with Crippen LogP contribution in [-0.2, 0) is 16.0 Å². The number of pyridine rings is 1. The highest BCUT2D eigenvalue weighted by molar-refractivity contribution is 5.80. The molecule has 1 N–H and O–H groups in total. The number of piperazine rings is 1. The molecule has 1 atom stereocenters. The van der Waals surface area contributed by atoms with E-state index < -0.39 is 0 Å². The number of likely N-dealkylation sites (N-methyl/N-ethyl adjacent to an activating group) is 1. The average Bonchev–Trinajstić information content (AvgIpc) is 2.70. The van der Waals surface area contributed by atoms with E-state index in [-0.39, 0.29) is 6.10 Å². The van der Waals surface area contributed by atoms with Gasteiger partial charge in [-0.05, 0) is 13.1 Å². The fourth-order valence-electron chi connectivity index (χ4n) is 3.58.